The zero-order valence-corrected chi connectivity index (χ0v) is 12.0. The summed E-state index contributed by atoms with van der Waals surface area (Å²) in [6.45, 7) is 8.01. The Kier molecular flexibility index (Phi) is 5.62. The zero-order chi connectivity index (χ0) is 11.3. The molecule has 1 aliphatic rings. The lowest BCUT2D eigenvalue weighted by atomic mass is 9.79. The maximum Gasteiger partial charge on any atom is 0.0576 e. The SMILES string of the molecule is CC(C)(C)C(CBr)CCCC1CCCO1. The van der Waals surface area contributed by atoms with Crippen LogP contribution in [0.3, 0.4) is 0 Å². The Morgan fingerprint density at radius 1 is 1.40 bits per heavy atom. The van der Waals surface area contributed by atoms with Crippen LogP contribution in [0.5, 0.6) is 0 Å². The third-order valence-corrected chi connectivity index (χ3v) is 4.30. The topological polar surface area (TPSA) is 9.23 Å². The van der Waals surface area contributed by atoms with Crippen molar-refractivity contribution in [1.82, 2.24) is 0 Å². The normalized spacial score (nSPS) is 24.4. The van der Waals surface area contributed by atoms with E-state index in [1.54, 1.807) is 0 Å². The molecule has 1 heterocycles. The van der Waals surface area contributed by atoms with Crippen molar-refractivity contribution in [1.29, 1.82) is 0 Å². The Labute approximate surface area is 103 Å². The summed E-state index contributed by atoms with van der Waals surface area (Å²) >= 11 is 3.63. The largest absolute Gasteiger partial charge is 0.378 e. The highest BCUT2D eigenvalue weighted by Gasteiger charge is 2.23. The third-order valence-electron chi connectivity index (χ3n) is 3.51. The predicted molar refractivity (Wildman–Crippen MR) is 69.6 cm³/mol. The molecule has 0 aromatic heterocycles. The highest BCUT2D eigenvalue weighted by molar-refractivity contribution is 9.09. The van der Waals surface area contributed by atoms with Crippen molar-refractivity contribution in [3.05, 3.63) is 0 Å². The van der Waals surface area contributed by atoms with Crippen molar-refractivity contribution in [2.24, 2.45) is 11.3 Å². The lowest BCUT2D eigenvalue weighted by Crippen LogP contribution is -2.22. The number of hydrogen-bond donors (Lipinski definition) is 0. The molecule has 0 aliphatic carbocycles. The molecule has 1 fully saturated rings. The van der Waals surface area contributed by atoms with Crippen LogP contribution in [0.4, 0.5) is 0 Å². The summed E-state index contributed by atoms with van der Waals surface area (Å²) in [6.07, 6.45) is 7.04. The first-order valence-electron chi connectivity index (χ1n) is 6.21. The summed E-state index contributed by atoms with van der Waals surface area (Å²) in [6, 6.07) is 0. The van der Waals surface area contributed by atoms with Gasteiger partial charge in [-0.1, -0.05) is 43.1 Å². The van der Waals surface area contributed by atoms with E-state index in [9.17, 15) is 0 Å². The molecule has 2 unspecified atom stereocenters. The fraction of sp³-hybridized carbons (Fsp3) is 1.00. The monoisotopic (exact) mass is 276 g/mol. The minimum absolute atomic E-state index is 0.431. The molecular formula is C13H25BrO. The Morgan fingerprint density at radius 3 is 2.60 bits per heavy atom. The van der Waals surface area contributed by atoms with Crippen molar-refractivity contribution < 1.29 is 4.74 Å². The van der Waals surface area contributed by atoms with Crippen molar-refractivity contribution in [2.75, 3.05) is 11.9 Å². The van der Waals surface area contributed by atoms with Crippen molar-refractivity contribution >= 4 is 15.9 Å². The first-order chi connectivity index (χ1) is 7.04. The molecule has 0 spiro atoms. The van der Waals surface area contributed by atoms with Gasteiger partial charge in [0.05, 0.1) is 6.10 Å². The summed E-state index contributed by atoms with van der Waals surface area (Å²) in [5.41, 5.74) is 0.431. The van der Waals surface area contributed by atoms with E-state index in [-0.39, 0.29) is 0 Å². The van der Waals surface area contributed by atoms with E-state index in [0.29, 0.717) is 11.5 Å². The summed E-state index contributed by atoms with van der Waals surface area (Å²) in [5.74, 6) is 0.791. The van der Waals surface area contributed by atoms with Crippen LogP contribution in [0, 0.1) is 11.3 Å². The second kappa shape index (κ2) is 6.24. The van der Waals surface area contributed by atoms with Gasteiger partial charge in [0, 0.05) is 11.9 Å². The van der Waals surface area contributed by atoms with Gasteiger partial charge in [-0.15, -0.1) is 0 Å². The average Bonchev–Trinajstić information content (AvgIpc) is 2.62. The van der Waals surface area contributed by atoms with Crippen LogP contribution >= 0.6 is 15.9 Å². The van der Waals surface area contributed by atoms with Crippen molar-refractivity contribution in [2.45, 2.75) is 59.0 Å². The van der Waals surface area contributed by atoms with Crippen molar-refractivity contribution in [3.8, 4) is 0 Å². The molecule has 0 bridgehead atoms. The Morgan fingerprint density at radius 2 is 2.13 bits per heavy atom. The molecule has 1 saturated heterocycles. The van der Waals surface area contributed by atoms with Gasteiger partial charge < -0.3 is 4.74 Å². The predicted octanol–water partition coefficient (Wildman–Crippen LogP) is 4.39. The van der Waals surface area contributed by atoms with E-state index < -0.39 is 0 Å². The number of hydrogen-bond acceptors (Lipinski definition) is 1. The molecule has 0 N–H and O–H groups in total. The molecule has 90 valence electrons. The van der Waals surface area contributed by atoms with Gasteiger partial charge in [-0.3, -0.25) is 0 Å². The molecule has 0 radical (unpaired) electrons. The summed E-state index contributed by atoms with van der Waals surface area (Å²) in [4.78, 5) is 0. The minimum Gasteiger partial charge on any atom is -0.378 e. The molecule has 1 nitrogen and oxygen atoms in total. The van der Waals surface area contributed by atoms with Gasteiger partial charge in [-0.2, -0.15) is 0 Å². The minimum atomic E-state index is 0.431. The lowest BCUT2D eigenvalue weighted by Gasteiger charge is -2.29. The van der Waals surface area contributed by atoms with E-state index in [1.807, 2.05) is 0 Å². The molecular weight excluding hydrogens is 252 g/mol. The van der Waals surface area contributed by atoms with Crippen LogP contribution < -0.4 is 0 Å². The molecule has 0 saturated carbocycles. The van der Waals surface area contributed by atoms with E-state index in [0.717, 1.165) is 17.9 Å². The van der Waals surface area contributed by atoms with E-state index in [2.05, 4.69) is 36.7 Å². The molecule has 2 atom stereocenters. The highest BCUT2D eigenvalue weighted by atomic mass is 79.9. The summed E-state index contributed by atoms with van der Waals surface area (Å²) in [5, 5.41) is 1.13. The molecule has 1 aliphatic heterocycles. The molecule has 0 aromatic carbocycles. The molecule has 1 rings (SSSR count). The molecule has 2 heteroatoms. The van der Waals surface area contributed by atoms with E-state index in [1.165, 1.54) is 32.1 Å². The average molecular weight is 277 g/mol. The van der Waals surface area contributed by atoms with Crippen molar-refractivity contribution in [3.63, 3.8) is 0 Å². The van der Waals surface area contributed by atoms with Gasteiger partial charge in [0.2, 0.25) is 0 Å². The van der Waals surface area contributed by atoms with E-state index in [4.69, 9.17) is 4.74 Å². The van der Waals surface area contributed by atoms with Gasteiger partial charge in [0.1, 0.15) is 0 Å². The first-order valence-corrected chi connectivity index (χ1v) is 7.33. The quantitative estimate of drug-likeness (QED) is 0.677. The van der Waals surface area contributed by atoms with Gasteiger partial charge >= 0.3 is 0 Å². The Balaban J connectivity index is 2.16. The number of ether oxygens (including phenoxy) is 1. The molecule has 0 aromatic rings. The van der Waals surface area contributed by atoms with Gasteiger partial charge in [-0.05, 0) is 37.0 Å². The summed E-state index contributed by atoms with van der Waals surface area (Å²) < 4.78 is 5.64. The zero-order valence-electron chi connectivity index (χ0n) is 10.4. The van der Waals surface area contributed by atoms with Crippen LogP contribution in [0.25, 0.3) is 0 Å². The first kappa shape index (κ1) is 13.5. The fourth-order valence-corrected chi connectivity index (χ4v) is 3.50. The third kappa shape index (κ3) is 4.86. The highest BCUT2D eigenvalue weighted by Crippen LogP contribution is 2.32. The van der Waals surface area contributed by atoms with E-state index >= 15 is 0 Å². The number of alkyl halides is 1. The van der Waals surface area contributed by atoms with Crippen LogP contribution in [-0.4, -0.2) is 18.0 Å². The molecule has 0 amide bonds. The number of rotatable bonds is 5. The number of halogens is 1. The Bertz CT molecular complexity index is 168. The van der Waals surface area contributed by atoms with Crippen LogP contribution in [0.2, 0.25) is 0 Å². The fourth-order valence-electron chi connectivity index (χ4n) is 2.21. The maximum atomic E-state index is 5.64. The smallest absolute Gasteiger partial charge is 0.0576 e. The van der Waals surface area contributed by atoms with Gasteiger partial charge in [0.15, 0.2) is 0 Å². The summed E-state index contributed by atoms with van der Waals surface area (Å²) in [7, 11) is 0. The second-order valence-corrected chi connectivity index (χ2v) is 6.43. The molecule has 15 heavy (non-hydrogen) atoms. The lowest BCUT2D eigenvalue weighted by molar-refractivity contribution is 0.0987. The Hall–Kier alpha value is 0.440. The van der Waals surface area contributed by atoms with Gasteiger partial charge in [-0.25, -0.2) is 0 Å². The van der Waals surface area contributed by atoms with Crippen LogP contribution in [-0.2, 0) is 4.74 Å². The van der Waals surface area contributed by atoms with Gasteiger partial charge in [0.25, 0.3) is 0 Å². The van der Waals surface area contributed by atoms with Crippen LogP contribution in [0.1, 0.15) is 52.9 Å². The standard InChI is InChI=1S/C13H25BrO/c1-13(2,3)11(10-14)6-4-7-12-8-5-9-15-12/h11-12H,4-10H2,1-3H3. The van der Waals surface area contributed by atoms with Crippen LogP contribution in [0.15, 0.2) is 0 Å². The second-order valence-electron chi connectivity index (χ2n) is 5.78. The maximum absolute atomic E-state index is 5.64.